The molecule has 2 rings (SSSR count). The van der Waals surface area contributed by atoms with Crippen LogP contribution in [0.1, 0.15) is 11.1 Å². The van der Waals surface area contributed by atoms with Gasteiger partial charge >= 0.3 is 0 Å². The number of methoxy groups -OCH3 is 1. The van der Waals surface area contributed by atoms with Gasteiger partial charge in [0.2, 0.25) is 0 Å². The highest BCUT2D eigenvalue weighted by molar-refractivity contribution is 5.34. The van der Waals surface area contributed by atoms with Gasteiger partial charge in [0.15, 0.2) is 0 Å². The third-order valence-electron chi connectivity index (χ3n) is 2.72. The molecule has 0 saturated heterocycles. The van der Waals surface area contributed by atoms with Gasteiger partial charge in [0.05, 0.1) is 7.11 Å². The summed E-state index contributed by atoms with van der Waals surface area (Å²) in [5.41, 5.74) is 7.68. The Kier molecular flexibility index (Phi) is 4.20. The molecule has 2 N–H and O–H groups in total. The Labute approximate surface area is 107 Å². The first kappa shape index (κ1) is 12.5. The number of hydrogen-bond donors (Lipinski definition) is 1. The van der Waals surface area contributed by atoms with Crippen LogP contribution in [0.4, 0.5) is 0 Å². The minimum Gasteiger partial charge on any atom is -0.496 e. The quantitative estimate of drug-likeness (QED) is 0.878. The standard InChI is InChI=1S/C15H17NO2/c1-17-15-8-3-2-6-13(15)11-18-14-7-4-5-12(9-14)10-16/h2-9H,10-11,16H2,1H3. The third kappa shape index (κ3) is 3.02. The SMILES string of the molecule is COc1ccccc1COc1cccc(CN)c1. The van der Waals surface area contributed by atoms with E-state index in [1.807, 2.05) is 48.5 Å². The van der Waals surface area contributed by atoms with E-state index in [2.05, 4.69) is 0 Å². The summed E-state index contributed by atoms with van der Waals surface area (Å²) in [7, 11) is 1.66. The third-order valence-corrected chi connectivity index (χ3v) is 2.72. The molecule has 0 saturated carbocycles. The first-order valence-corrected chi connectivity index (χ1v) is 5.87. The van der Waals surface area contributed by atoms with Gasteiger partial charge in [-0.05, 0) is 23.8 Å². The maximum Gasteiger partial charge on any atom is 0.125 e. The summed E-state index contributed by atoms with van der Waals surface area (Å²) in [6.45, 7) is 1.00. The van der Waals surface area contributed by atoms with Gasteiger partial charge in [-0.15, -0.1) is 0 Å². The van der Waals surface area contributed by atoms with Crippen LogP contribution in [0.25, 0.3) is 0 Å². The van der Waals surface area contributed by atoms with Crippen LogP contribution in [0.5, 0.6) is 11.5 Å². The lowest BCUT2D eigenvalue weighted by Crippen LogP contribution is -2.00. The van der Waals surface area contributed by atoms with Gasteiger partial charge in [0.25, 0.3) is 0 Å². The van der Waals surface area contributed by atoms with Crippen molar-refractivity contribution in [2.75, 3.05) is 7.11 Å². The van der Waals surface area contributed by atoms with Crippen molar-refractivity contribution in [2.24, 2.45) is 5.73 Å². The van der Waals surface area contributed by atoms with E-state index >= 15 is 0 Å². The Morgan fingerprint density at radius 1 is 1.06 bits per heavy atom. The molecule has 0 aliphatic rings. The summed E-state index contributed by atoms with van der Waals surface area (Å²) in [6.07, 6.45) is 0. The number of hydrogen-bond acceptors (Lipinski definition) is 3. The Bertz CT molecular complexity index is 511. The van der Waals surface area contributed by atoms with Crippen LogP contribution in [0.3, 0.4) is 0 Å². The van der Waals surface area contributed by atoms with Crippen molar-refractivity contribution < 1.29 is 9.47 Å². The molecular weight excluding hydrogens is 226 g/mol. The van der Waals surface area contributed by atoms with Crippen LogP contribution in [0, 0.1) is 0 Å². The molecule has 0 heterocycles. The van der Waals surface area contributed by atoms with E-state index in [1.54, 1.807) is 7.11 Å². The molecule has 0 bridgehead atoms. The smallest absolute Gasteiger partial charge is 0.125 e. The summed E-state index contributed by atoms with van der Waals surface area (Å²) in [5.74, 6) is 1.66. The molecule has 2 aromatic rings. The normalized spacial score (nSPS) is 10.1. The Hall–Kier alpha value is -2.00. The molecule has 0 amide bonds. The molecule has 0 aliphatic heterocycles. The van der Waals surface area contributed by atoms with Crippen LogP contribution in [-0.4, -0.2) is 7.11 Å². The van der Waals surface area contributed by atoms with Crippen molar-refractivity contribution in [3.05, 3.63) is 59.7 Å². The summed E-state index contributed by atoms with van der Waals surface area (Å²) in [5, 5.41) is 0. The minimum atomic E-state index is 0.484. The number of para-hydroxylation sites is 1. The molecule has 3 heteroatoms. The zero-order valence-corrected chi connectivity index (χ0v) is 10.4. The molecule has 0 aliphatic carbocycles. The largest absolute Gasteiger partial charge is 0.496 e. The fraction of sp³-hybridized carbons (Fsp3) is 0.200. The van der Waals surface area contributed by atoms with Gasteiger partial charge in [-0.1, -0.05) is 30.3 Å². The van der Waals surface area contributed by atoms with E-state index < -0.39 is 0 Å². The van der Waals surface area contributed by atoms with Gasteiger partial charge in [-0.3, -0.25) is 0 Å². The summed E-state index contributed by atoms with van der Waals surface area (Å²) in [4.78, 5) is 0. The number of rotatable bonds is 5. The second-order valence-electron chi connectivity index (χ2n) is 3.95. The van der Waals surface area contributed by atoms with Crippen LogP contribution < -0.4 is 15.2 Å². The molecule has 94 valence electrons. The van der Waals surface area contributed by atoms with Crippen molar-refractivity contribution >= 4 is 0 Å². The second kappa shape index (κ2) is 6.07. The number of nitrogens with two attached hydrogens (primary N) is 1. The molecular formula is C15H17NO2. The van der Waals surface area contributed by atoms with E-state index in [9.17, 15) is 0 Å². The lowest BCUT2D eigenvalue weighted by atomic mass is 10.2. The molecule has 2 aromatic carbocycles. The van der Waals surface area contributed by atoms with Crippen molar-refractivity contribution in [3.63, 3.8) is 0 Å². The number of benzene rings is 2. The van der Waals surface area contributed by atoms with Crippen LogP contribution in [0.2, 0.25) is 0 Å². The molecule has 0 unspecified atom stereocenters. The molecule has 0 fully saturated rings. The zero-order chi connectivity index (χ0) is 12.8. The van der Waals surface area contributed by atoms with E-state index in [1.165, 1.54) is 0 Å². The first-order chi connectivity index (χ1) is 8.83. The lowest BCUT2D eigenvalue weighted by molar-refractivity contribution is 0.296. The Morgan fingerprint density at radius 3 is 2.67 bits per heavy atom. The van der Waals surface area contributed by atoms with Gasteiger partial charge in [-0.25, -0.2) is 0 Å². The fourth-order valence-corrected chi connectivity index (χ4v) is 1.75. The lowest BCUT2D eigenvalue weighted by Gasteiger charge is -2.10. The molecule has 0 radical (unpaired) electrons. The maximum absolute atomic E-state index is 5.74. The van der Waals surface area contributed by atoms with E-state index in [0.29, 0.717) is 13.2 Å². The van der Waals surface area contributed by atoms with Crippen molar-refractivity contribution in [1.29, 1.82) is 0 Å². The molecule has 3 nitrogen and oxygen atoms in total. The van der Waals surface area contributed by atoms with E-state index in [0.717, 1.165) is 22.6 Å². The Balaban J connectivity index is 2.06. The summed E-state index contributed by atoms with van der Waals surface area (Å²) in [6, 6.07) is 15.6. The highest BCUT2D eigenvalue weighted by Crippen LogP contribution is 2.20. The van der Waals surface area contributed by atoms with Gasteiger partial charge in [-0.2, -0.15) is 0 Å². The van der Waals surface area contributed by atoms with Gasteiger partial charge in [0.1, 0.15) is 18.1 Å². The second-order valence-corrected chi connectivity index (χ2v) is 3.95. The minimum absolute atomic E-state index is 0.484. The molecule has 0 aromatic heterocycles. The first-order valence-electron chi connectivity index (χ1n) is 5.87. The maximum atomic E-state index is 5.74. The summed E-state index contributed by atoms with van der Waals surface area (Å²) >= 11 is 0. The van der Waals surface area contributed by atoms with Gasteiger partial charge in [0, 0.05) is 12.1 Å². The van der Waals surface area contributed by atoms with Crippen molar-refractivity contribution in [1.82, 2.24) is 0 Å². The Morgan fingerprint density at radius 2 is 1.89 bits per heavy atom. The molecule has 0 atom stereocenters. The monoisotopic (exact) mass is 243 g/mol. The van der Waals surface area contributed by atoms with E-state index in [-0.39, 0.29) is 0 Å². The van der Waals surface area contributed by atoms with Crippen molar-refractivity contribution in [2.45, 2.75) is 13.2 Å². The summed E-state index contributed by atoms with van der Waals surface area (Å²) < 4.78 is 11.0. The molecule has 18 heavy (non-hydrogen) atoms. The highest BCUT2D eigenvalue weighted by Gasteiger charge is 2.02. The zero-order valence-electron chi connectivity index (χ0n) is 10.4. The average molecular weight is 243 g/mol. The molecule has 0 spiro atoms. The number of ether oxygens (including phenoxy) is 2. The topological polar surface area (TPSA) is 44.5 Å². The van der Waals surface area contributed by atoms with Crippen LogP contribution in [0.15, 0.2) is 48.5 Å². The van der Waals surface area contributed by atoms with E-state index in [4.69, 9.17) is 15.2 Å². The highest BCUT2D eigenvalue weighted by atomic mass is 16.5. The predicted molar refractivity (Wildman–Crippen MR) is 71.7 cm³/mol. The van der Waals surface area contributed by atoms with Crippen LogP contribution in [-0.2, 0) is 13.2 Å². The van der Waals surface area contributed by atoms with Crippen molar-refractivity contribution in [3.8, 4) is 11.5 Å². The van der Waals surface area contributed by atoms with Crippen LogP contribution >= 0.6 is 0 Å². The predicted octanol–water partition coefficient (Wildman–Crippen LogP) is 2.73. The average Bonchev–Trinajstić information content (AvgIpc) is 2.45. The van der Waals surface area contributed by atoms with Gasteiger partial charge < -0.3 is 15.2 Å². The fourth-order valence-electron chi connectivity index (χ4n) is 1.75.